The normalized spacial score (nSPS) is 24.0. The zero-order valence-electron chi connectivity index (χ0n) is 25.2. The number of hydrogen-bond donors (Lipinski definition) is 1. The minimum absolute atomic E-state index is 0.503. The van der Waals surface area contributed by atoms with Crippen LogP contribution in [0.5, 0.6) is 0 Å². The molecule has 1 amide bonds. The topological polar surface area (TPSA) is 196 Å². The molecular formula is C28H35NO14S. The maximum absolute atomic E-state index is 13.6. The fraction of sp³-hybridized carbons (Fsp3) is 0.536. The van der Waals surface area contributed by atoms with Crippen LogP contribution in [-0.2, 0) is 66.7 Å². The zero-order valence-corrected chi connectivity index (χ0v) is 26.0. The average molecular weight is 642 g/mol. The quantitative estimate of drug-likeness (QED) is 0.249. The average Bonchev–Trinajstić information content (AvgIpc) is 2.91. The molecule has 1 saturated heterocycles. The van der Waals surface area contributed by atoms with Crippen molar-refractivity contribution in [2.75, 3.05) is 13.7 Å². The predicted octanol–water partition coefficient (Wildman–Crippen LogP) is 0.841. The van der Waals surface area contributed by atoms with Crippen LogP contribution in [0, 0.1) is 0 Å². The zero-order chi connectivity index (χ0) is 33.2. The van der Waals surface area contributed by atoms with Gasteiger partial charge in [-0.15, -0.1) is 11.8 Å². The van der Waals surface area contributed by atoms with Gasteiger partial charge in [0.05, 0.1) is 13.2 Å². The van der Waals surface area contributed by atoms with Gasteiger partial charge in [0.2, 0.25) is 5.91 Å². The Hall–Kier alpha value is -4.18. The van der Waals surface area contributed by atoms with E-state index in [2.05, 4.69) is 5.32 Å². The van der Waals surface area contributed by atoms with E-state index in [1.54, 1.807) is 30.3 Å². The first kappa shape index (κ1) is 36.0. The third kappa shape index (κ3) is 9.67. The number of esters is 6. The number of thioether (sulfide) groups is 1. The Labute approximate surface area is 257 Å². The number of hydrogen-bond acceptors (Lipinski definition) is 15. The maximum atomic E-state index is 13.6. The summed E-state index contributed by atoms with van der Waals surface area (Å²) in [5.74, 6) is -9.14. The molecule has 0 radical (unpaired) electrons. The lowest BCUT2D eigenvalue weighted by Crippen LogP contribution is -2.74. The lowest BCUT2D eigenvalue weighted by molar-refractivity contribution is -0.300. The van der Waals surface area contributed by atoms with E-state index in [1.807, 2.05) is 0 Å². The first-order valence-corrected chi connectivity index (χ1v) is 14.1. The third-order valence-electron chi connectivity index (χ3n) is 5.90. The van der Waals surface area contributed by atoms with Gasteiger partial charge in [-0.25, -0.2) is 4.79 Å². The van der Waals surface area contributed by atoms with Crippen molar-refractivity contribution in [3.05, 3.63) is 30.3 Å². The summed E-state index contributed by atoms with van der Waals surface area (Å²) in [5.41, 5.74) is 0. The molecule has 44 heavy (non-hydrogen) atoms. The van der Waals surface area contributed by atoms with Crippen LogP contribution in [0.2, 0.25) is 0 Å². The Balaban J connectivity index is 2.94. The summed E-state index contributed by atoms with van der Waals surface area (Å²) in [6.07, 6.45) is -6.67. The molecule has 1 aliphatic rings. The van der Waals surface area contributed by atoms with Crippen LogP contribution in [-0.4, -0.2) is 96.9 Å². The fourth-order valence-electron chi connectivity index (χ4n) is 4.52. The molecule has 0 saturated carbocycles. The molecule has 0 unspecified atom stereocenters. The van der Waals surface area contributed by atoms with Gasteiger partial charge in [0.25, 0.3) is 0 Å². The monoisotopic (exact) mass is 641 g/mol. The Kier molecular flexibility index (Phi) is 13.1. The van der Waals surface area contributed by atoms with Gasteiger partial charge < -0.3 is 38.5 Å². The first-order chi connectivity index (χ1) is 20.6. The van der Waals surface area contributed by atoms with Gasteiger partial charge in [-0.1, -0.05) is 18.2 Å². The summed E-state index contributed by atoms with van der Waals surface area (Å²) in [6, 6.07) is 6.95. The number of rotatable bonds is 12. The molecule has 1 heterocycles. The number of carbonyl (C=O) groups is 7. The number of nitrogens with one attached hydrogen (secondary N) is 1. The number of amides is 1. The molecule has 2 rings (SSSR count). The van der Waals surface area contributed by atoms with Gasteiger partial charge in [-0.2, -0.15) is 0 Å². The van der Waals surface area contributed by atoms with Crippen molar-refractivity contribution in [2.45, 2.75) is 87.9 Å². The molecule has 1 N–H and O–H groups in total. The van der Waals surface area contributed by atoms with Crippen molar-refractivity contribution in [2.24, 2.45) is 0 Å². The molecule has 0 spiro atoms. The lowest BCUT2D eigenvalue weighted by Gasteiger charge is -2.51. The second kappa shape index (κ2) is 16.0. The largest absolute Gasteiger partial charge is 0.464 e. The Morgan fingerprint density at radius 1 is 0.864 bits per heavy atom. The molecule has 1 aliphatic heterocycles. The third-order valence-corrected chi connectivity index (χ3v) is 7.27. The van der Waals surface area contributed by atoms with E-state index in [9.17, 15) is 33.6 Å². The molecule has 242 valence electrons. The second-order valence-electron chi connectivity index (χ2n) is 9.51. The SMILES string of the molecule is COC(=O)[C@@]1(OC(C)=O)O[C@@H]([C@H](OC(C)=O)[C@@H](COC(C)=O)OC(C)=O)[C@H](NC(C)=O)[C@H](OC(C)=O)[C@@H]1Sc1ccccc1. The van der Waals surface area contributed by atoms with E-state index in [-0.39, 0.29) is 0 Å². The number of ether oxygens (including phenoxy) is 7. The standard InChI is InChI=1S/C28H35NO14S/c1-14(30)29-22-24(23(40-17(4)33)21(39-16(3)32)13-38-15(2)31)43-28(27(36)37-7,42-19(6)35)26(25(22)41-18(5)34)44-20-11-9-8-10-12-20/h8-12,21-26H,13H2,1-7H3,(H,29,30)/t21-,22+,23-,24-,25+,26+,28+/m1/s1. The van der Waals surface area contributed by atoms with Crippen molar-refractivity contribution in [3.63, 3.8) is 0 Å². The maximum Gasteiger partial charge on any atom is 0.381 e. The molecule has 0 aromatic heterocycles. The van der Waals surface area contributed by atoms with Gasteiger partial charge >= 0.3 is 41.6 Å². The molecule has 0 aliphatic carbocycles. The van der Waals surface area contributed by atoms with E-state index in [4.69, 9.17) is 33.2 Å². The Morgan fingerprint density at radius 2 is 1.48 bits per heavy atom. The van der Waals surface area contributed by atoms with E-state index in [1.165, 1.54) is 0 Å². The molecule has 0 bridgehead atoms. The highest BCUT2D eigenvalue weighted by atomic mass is 32.2. The molecular weight excluding hydrogens is 606 g/mol. The molecule has 7 atom stereocenters. The van der Waals surface area contributed by atoms with E-state index < -0.39 is 89.8 Å². The van der Waals surface area contributed by atoms with Crippen LogP contribution in [0.4, 0.5) is 0 Å². The van der Waals surface area contributed by atoms with Crippen LogP contribution >= 0.6 is 11.8 Å². The van der Waals surface area contributed by atoms with Gasteiger partial charge in [0.1, 0.15) is 24.1 Å². The number of carbonyl (C=O) groups excluding carboxylic acids is 7. The molecule has 1 aromatic rings. The summed E-state index contributed by atoms with van der Waals surface area (Å²) in [7, 11) is 0.989. The van der Waals surface area contributed by atoms with Crippen LogP contribution in [0.3, 0.4) is 0 Å². The summed E-state index contributed by atoms with van der Waals surface area (Å²) < 4.78 is 38.3. The summed E-state index contributed by atoms with van der Waals surface area (Å²) in [5, 5.41) is 1.14. The number of methoxy groups -OCH3 is 1. The predicted molar refractivity (Wildman–Crippen MR) is 148 cm³/mol. The van der Waals surface area contributed by atoms with E-state index in [0.29, 0.717) is 4.90 Å². The van der Waals surface area contributed by atoms with Crippen molar-refractivity contribution in [3.8, 4) is 0 Å². The van der Waals surface area contributed by atoms with Gasteiger partial charge in [-0.3, -0.25) is 28.8 Å². The highest BCUT2D eigenvalue weighted by Gasteiger charge is 2.66. The van der Waals surface area contributed by atoms with Crippen LogP contribution in [0.1, 0.15) is 41.5 Å². The summed E-state index contributed by atoms with van der Waals surface area (Å²) in [6.45, 7) is 5.64. The van der Waals surface area contributed by atoms with E-state index in [0.717, 1.165) is 60.4 Å². The molecule has 1 aromatic carbocycles. The van der Waals surface area contributed by atoms with E-state index >= 15 is 0 Å². The van der Waals surface area contributed by atoms with Crippen LogP contribution in [0.25, 0.3) is 0 Å². The van der Waals surface area contributed by atoms with Gasteiger partial charge in [0, 0.05) is 46.4 Å². The Morgan fingerprint density at radius 3 is 1.95 bits per heavy atom. The highest BCUT2D eigenvalue weighted by Crippen LogP contribution is 2.45. The second-order valence-corrected chi connectivity index (χ2v) is 10.7. The van der Waals surface area contributed by atoms with Crippen LogP contribution in [0.15, 0.2) is 35.2 Å². The minimum atomic E-state index is -2.71. The van der Waals surface area contributed by atoms with Crippen molar-refractivity contribution in [1.82, 2.24) is 5.32 Å². The summed E-state index contributed by atoms with van der Waals surface area (Å²) >= 11 is 0.905. The molecule has 15 nitrogen and oxygen atoms in total. The Bertz CT molecular complexity index is 1240. The smallest absolute Gasteiger partial charge is 0.381 e. The van der Waals surface area contributed by atoms with Crippen molar-refractivity contribution < 1.29 is 66.7 Å². The van der Waals surface area contributed by atoms with Crippen molar-refractivity contribution in [1.29, 1.82) is 0 Å². The molecule has 1 fully saturated rings. The summed E-state index contributed by atoms with van der Waals surface area (Å²) in [4.78, 5) is 87.8. The molecule has 16 heteroatoms. The first-order valence-electron chi connectivity index (χ1n) is 13.2. The number of benzene rings is 1. The van der Waals surface area contributed by atoms with Crippen LogP contribution < -0.4 is 5.32 Å². The minimum Gasteiger partial charge on any atom is -0.464 e. The van der Waals surface area contributed by atoms with Crippen molar-refractivity contribution >= 4 is 53.5 Å². The lowest BCUT2D eigenvalue weighted by atomic mass is 9.87. The highest BCUT2D eigenvalue weighted by molar-refractivity contribution is 8.00. The van der Waals surface area contributed by atoms with Gasteiger partial charge in [0.15, 0.2) is 12.2 Å². The fourth-order valence-corrected chi connectivity index (χ4v) is 5.84. The van der Waals surface area contributed by atoms with Gasteiger partial charge in [-0.05, 0) is 12.1 Å².